The van der Waals surface area contributed by atoms with E-state index in [2.05, 4.69) is 66.5 Å². The molecule has 0 aliphatic carbocycles. The third-order valence-corrected chi connectivity index (χ3v) is 5.59. The van der Waals surface area contributed by atoms with Crippen LogP contribution >= 0.6 is 0 Å². The molecule has 3 rings (SSSR count). The Morgan fingerprint density at radius 3 is 2.04 bits per heavy atom. The maximum absolute atomic E-state index is 12.7. The molecule has 2 aromatic carbocycles. The highest BCUT2D eigenvalue weighted by Crippen LogP contribution is 2.30. The second kappa shape index (κ2) is 9.35. The van der Waals surface area contributed by atoms with Crippen LogP contribution < -0.4 is 5.32 Å². The number of piperazine rings is 1. The topological polar surface area (TPSA) is 35.6 Å². The van der Waals surface area contributed by atoms with Crippen LogP contribution in [0.4, 0.5) is 0 Å². The zero-order valence-electron chi connectivity index (χ0n) is 17.6. The Labute approximate surface area is 169 Å². The van der Waals surface area contributed by atoms with Crippen molar-refractivity contribution in [2.45, 2.75) is 45.8 Å². The van der Waals surface area contributed by atoms with Gasteiger partial charge in [0.05, 0.1) is 6.04 Å². The van der Waals surface area contributed by atoms with Crippen LogP contribution in [0.1, 0.15) is 55.2 Å². The number of rotatable bonds is 6. The quantitative estimate of drug-likeness (QED) is 0.826. The monoisotopic (exact) mass is 379 g/mol. The lowest BCUT2D eigenvalue weighted by Crippen LogP contribution is -2.55. The summed E-state index contributed by atoms with van der Waals surface area (Å²) in [5, 5.41) is 3.62. The van der Waals surface area contributed by atoms with Crippen molar-refractivity contribution in [3.63, 3.8) is 0 Å². The molecule has 0 radical (unpaired) electrons. The standard InChI is InChI=1S/C24H33N3O/c1-5-26(6-2)24(28)22-14-12-21(13-15-22)23(20-10-8-7-9-11-20)27-16-18(3)25-19(4)17-27/h7-15,18-19,23,25H,5-6,16-17H2,1-4H3. The molecule has 3 atom stereocenters. The Balaban J connectivity index is 1.91. The summed E-state index contributed by atoms with van der Waals surface area (Å²) in [4.78, 5) is 17.1. The van der Waals surface area contributed by atoms with Gasteiger partial charge in [-0.05, 0) is 51.0 Å². The van der Waals surface area contributed by atoms with E-state index >= 15 is 0 Å². The number of benzene rings is 2. The largest absolute Gasteiger partial charge is 0.339 e. The van der Waals surface area contributed by atoms with Crippen LogP contribution in [0.15, 0.2) is 54.6 Å². The van der Waals surface area contributed by atoms with Crippen LogP contribution in [0.25, 0.3) is 0 Å². The summed E-state index contributed by atoms with van der Waals surface area (Å²) < 4.78 is 0. The molecule has 1 N–H and O–H groups in total. The second-order valence-corrected chi connectivity index (χ2v) is 7.84. The number of hydrogen-bond donors (Lipinski definition) is 1. The minimum absolute atomic E-state index is 0.109. The number of hydrogen-bond acceptors (Lipinski definition) is 3. The van der Waals surface area contributed by atoms with E-state index in [1.165, 1.54) is 11.1 Å². The molecule has 1 heterocycles. The Hall–Kier alpha value is -2.17. The van der Waals surface area contributed by atoms with Gasteiger partial charge in [0, 0.05) is 43.8 Å². The first-order valence-corrected chi connectivity index (χ1v) is 10.5. The molecule has 1 fully saturated rings. The van der Waals surface area contributed by atoms with Crippen molar-refractivity contribution in [3.8, 4) is 0 Å². The lowest BCUT2D eigenvalue weighted by molar-refractivity contribution is 0.0773. The average molecular weight is 380 g/mol. The van der Waals surface area contributed by atoms with E-state index in [1.54, 1.807) is 0 Å². The Morgan fingerprint density at radius 1 is 0.964 bits per heavy atom. The van der Waals surface area contributed by atoms with E-state index in [1.807, 2.05) is 30.9 Å². The van der Waals surface area contributed by atoms with Crippen molar-refractivity contribution < 1.29 is 4.79 Å². The third kappa shape index (κ3) is 4.62. The fraction of sp³-hybridized carbons (Fsp3) is 0.458. The van der Waals surface area contributed by atoms with Crippen molar-refractivity contribution in [3.05, 3.63) is 71.3 Å². The number of carbonyl (C=O) groups is 1. The van der Waals surface area contributed by atoms with Gasteiger partial charge in [-0.1, -0.05) is 42.5 Å². The van der Waals surface area contributed by atoms with Gasteiger partial charge >= 0.3 is 0 Å². The lowest BCUT2D eigenvalue weighted by Gasteiger charge is -2.41. The molecule has 28 heavy (non-hydrogen) atoms. The summed E-state index contributed by atoms with van der Waals surface area (Å²) in [5.74, 6) is 0.109. The molecular formula is C24H33N3O. The van der Waals surface area contributed by atoms with Gasteiger partial charge in [-0.25, -0.2) is 0 Å². The maximum atomic E-state index is 12.7. The van der Waals surface area contributed by atoms with Gasteiger partial charge in [-0.2, -0.15) is 0 Å². The number of nitrogens with one attached hydrogen (secondary N) is 1. The summed E-state index contributed by atoms with van der Waals surface area (Å²) in [6.45, 7) is 12.0. The van der Waals surface area contributed by atoms with Gasteiger partial charge in [0.1, 0.15) is 0 Å². The first-order valence-electron chi connectivity index (χ1n) is 10.5. The van der Waals surface area contributed by atoms with Crippen LogP contribution in [0.2, 0.25) is 0 Å². The summed E-state index contributed by atoms with van der Waals surface area (Å²) in [6.07, 6.45) is 0. The fourth-order valence-corrected chi connectivity index (χ4v) is 4.33. The van der Waals surface area contributed by atoms with Gasteiger partial charge in [0.15, 0.2) is 0 Å². The van der Waals surface area contributed by atoms with Crippen LogP contribution in [0.5, 0.6) is 0 Å². The zero-order valence-corrected chi connectivity index (χ0v) is 17.6. The van der Waals surface area contributed by atoms with Crippen molar-refractivity contribution in [2.24, 2.45) is 0 Å². The summed E-state index contributed by atoms with van der Waals surface area (Å²) in [6, 6.07) is 20.0. The average Bonchev–Trinajstić information content (AvgIpc) is 2.70. The van der Waals surface area contributed by atoms with Gasteiger partial charge in [-0.3, -0.25) is 9.69 Å². The SMILES string of the molecule is CCN(CC)C(=O)c1ccc(C(c2ccccc2)N2CC(C)NC(C)C2)cc1. The number of carbonyl (C=O) groups excluding carboxylic acids is 1. The van der Waals surface area contributed by atoms with E-state index in [9.17, 15) is 4.79 Å². The van der Waals surface area contributed by atoms with E-state index in [0.717, 1.165) is 31.7 Å². The van der Waals surface area contributed by atoms with Crippen LogP contribution in [-0.4, -0.2) is 54.0 Å². The van der Waals surface area contributed by atoms with Crippen molar-refractivity contribution in [2.75, 3.05) is 26.2 Å². The minimum Gasteiger partial charge on any atom is -0.339 e. The molecule has 3 unspecified atom stereocenters. The Bertz CT molecular complexity index is 745. The normalized spacial score (nSPS) is 21.3. The molecule has 0 spiro atoms. The second-order valence-electron chi connectivity index (χ2n) is 7.84. The lowest BCUT2D eigenvalue weighted by atomic mass is 9.94. The molecule has 1 aliphatic heterocycles. The third-order valence-electron chi connectivity index (χ3n) is 5.59. The Kier molecular flexibility index (Phi) is 6.87. The minimum atomic E-state index is 0.109. The summed E-state index contributed by atoms with van der Waals surface area (Å²) in [7, 11) is 0. The van der Waals surface area contributed by atoms with Crippen molar-refractivity contribution in [1.82, 2.24) is 15.1 Å². The molecule has 1 saturated heterocycles. The predicted molar refractivity (Wildman–Crippen MR) is 116 cm³/mol. The van der Waals surface area contributed by atoms with Crippen LogP contribution in [0, 0.1) is 0 Å². The molecule has 0 bridgehead atoms. The molecule has 0 saturated carbocycles. The van der Waals surface area contributed by atoms with Crippen LogP contribution in [0.3, 0.4) is 0 Å². The smallest absolute Gasteiger partial charge is 0.253 e. The molecule has 150 valence electrons. The number of nitrogens with zero attached hydrogens (tertiary/aromatic N) is 2. The highest BCUT2D eigenvalue weighted by molar-refractivity contribution is 5.94. The molecular weight excluding hydrogens is 346 g/mol. The van der Waals surface area contributed by atoms with Crippen molar-refractivity contribution in [1.29, 1.82) is 0 Å². The van der Waals surface area contributed by atoms with Gasteiger partial charge in [0.25, 0.3) is 5.91 Å². The summed E-state index contributed by atoms with van der Waals surface area (Å²) in [5.41, 5.74) is 3.30. The molecule has 4 heteroatoms. The Morgan fingerprint density at radius 2 is 1.50 bits per heavy atom. The van der Waals surface area contributed by atoms with Gasteiger partial charge < -0.3 is 10.2 Å². The maximum Gasteiger partial charge on any atom is 0.253 e. The van der Waals surface area contributed by atoms with E-state index in [4.69, 9.17) is 0 Å². The van der Waals surface area contributed by atoms with Gasteiger partial charge in [0.2, 0.25) is 0 Å². The highest BCUT2D eigenvalue weighted by atomic mass is 16.2. The van der Waals surface area contributed by atoms with Crippen LogP contribution in [-0.2, 0) is 0 Å². The molecule has 2 aromatic rings. The molecule has 4 nitrogen and oxygen atoms in total. The molecule has 1 amide bonds. The zero-order chi connectivity index (χ0) is 20.1. The van der Waals surface area contributed by atoms with E-state index in [-0.39, 0.29) is 11.9 Å². The van der Waals surface area contributed by atoms with E-state index < -0.39 is 0 Å². The first-order chi connectivity index (χ1) is 13.5. The highest BCUT2D eigenvalue weighted by Gasteiger charge is 2.29. The fourth-order valence-electron chi connectivity index (χ4n) is 4.33. The van der Waals surface area contributed by atoms with E-state index in [0.29, 0.717) is 12.1 Å². The summed E-state index contributed by atoms with van der Waals surface area (Å²) >= 11 is 0. The number of amides is 1. The van der Waals surface area contributed by atoms with Crippen molar-refractivity contribution >= 4 is 5.91 Å². The predicted octanol–water partition coefficient (Wildman–Crippen LogP) is 3.94. The first kappa shape index (κ1) is 20.6. The molecule has 1 aliphatic rings. The van der Waals surface area contributed by atoms with Gasteiger partial charge in [-0.15, -0.1) is 0 Å². The molecule has 0 aromatic heterocycles.